The first-order valence-electron chi connectivity index (χ1n) is 2.12. The average molecular weight is 240 g/mol. The molecule has 0 saturated carbocycles. The molecule has 0 saturated heterocycles. The van der Waals surface area contributed by atoms with Crippen LogP contribution in [-0.4, -0.2) is 0 Å². The minimum absolute atomic E-state index is 0.814. The van der Waals surface area contributed by atoms with Crippen molar-refractivity contribution in [1.29, 1.82) is 0 Å². The van der Waals surface area contributed by atoms with Gasteiger partial charge >= 0.3 is 0 Å². The molecule has 0 spiro atoms. The molecule has 1 nitrogen and oxygen atoms in total. The van der Waals surface area contributed by atoms with E-state index in [1.165, 1.54) is 0 Å². The molecule has 0 amide bonds. The van der Waals surface area contributed by atoms with Gasteiger partial charge in [0.25, 0.3) is 0 Å². The number of furan rings is 1. The van der Waals surface area contributed by atoms with Gasteiger partial charge in [-0.05, 0) is 22.0 Å². The molecule has 8 heavy (non-hydrogen) atoms. The fourth-order valence-corrected chi connectivity index (χ4v) is 1.61. The van der Waals surface area contributed by atoms with Gasteiger partial charge in [0, 0.05) is 10.9 Å². The maximum absolute atomic E-state index is 4.94. The van der Waals surface area contributed by atoms with Crippen molar-refractivity contribution in [2.45, 2.75) is 5.33 Å². The minimum atomic E-state index is 0.814. The van der Waals surface area contributed by atoms with Crippen molar-refractivity contribution in [1.82, 2.24) is 0 Å². The van der Waals surface area contributed by atoms with Crippen molar-refractivity contribution in [2.24, 2.45) is 0 Å². The van der Waals surface area contributed by atoms with Crippen LogP contribution in [0.25, 0.3) is 0 Å². The molecule has 0 fully saturated rings. The lowest BCUT2D eigenvalue weighted by Gasteiger charge is -1.83. The predicted octanol–water partition coefficient (Wildman–Crippen LogP) is 2.94. The average Bonchev–Trinajstić information content (AvgIpc) is 2.14. The molecule has 0 aliphatic rings. The van der Waals surface area contributed by atoms with E-state index >= 15 is 0 Å². The van der Waals surface area contributed by atoms with Gasteiger partial charge < -0.3 is 4.42 Å². The van der Waals surface area contributed by atoms with E-state index in [0.717, 1.165) is 15.6 Å². The van der Waals surface area contributed by atoms with Gasteiger partial charge in [-0.1, -0.05) is 15.9 Å². The molecule has 1 heterocycles. The fraction of sp³-hybridized carbons (Fsp3) is 0.200. The Hall–Kier alpha value is 0.240. The number of halogens is 2. The maximum Gasteiger partial charge on any atom is 0.172 e. The van der Waals surface area contributed by atoms with Crippen LogP contribution in [0.4, 0.5) is 0 Å². The van der Waals surface area contributed by atoms with E-state index < -0.39 is 0 Å². The van der Waals surface area contributed by atoms with Gasteiger partial charge in [-0.3, -0.25) is 0 Å². The van der Waals surface area contributed by atoms with Gasteiger partial charge in [0.15, 0.2) is 4.67 Å². The Labute approximate surface area is 64.3 Å². The Morgan fingerprint density at radius 3 is 2.62 bits per heavy atom. The summed E-state index contributed by atoms with van der Waals surface area (Å²) >= 11 is 6.53. The van der Waals surface area contributed by atoms with Crippen LogP contribution in [0.1, 0.15) is 5.56 Å². The van der Waals surface area contributed by atoms with Gasteiger partial charge in [0.2, 0.25) is 0 Å². The summed E-state index contributed by atoms with van der Waals surface area (Å²) < 4.78 is 5.76. The molecule has 0 aromatic carbocycles. The van der Waals surface area contributed by atoms with Gasteiger partial charge in [-0.25, -0.2) is 0 Å². The monoisotopic (exact) mass is 238 g/mol. The topological polar surface area (TPSA) is 13.1 Å². The number of hydrogen-bond donors (Lipinski definition) is 0. The number of hydrogen-bond acceptors (Lipinski definition) is 1. The summed E-state index contributed by atoms with van der Waals surface area (Å²) in [6, 6.07) is 1.92. The smallest absolute Gasteiger partial charge is 0.172 e. The van der Waals surface area contributed by atoms with E-state index in [4.69, 9.17) is 4.42 Å². The SMILES string of the molecule is BrCc1ccoc1Br. The van der Waals surface area contributed by atoms with Crippen LogP contribution in [0.3, 0.4) is 0 Å². The summed E-state index contributed by atoms with van der Waals surface area (Å²) in [6.45, 7) is 0. The molecular weight excluding hydrogens is 236 g/mol. The Morgan fingerprint density at radius 1 is 1.62 bits per heavy atom. The summed E-state index contributed by atoms with van der Waals surface area (Å²) in [5.41, 5.74) is 1.14. The zero-order chi connectivity index (χ0) is 5.98. The minimum Gasteiger partial charge on any atom is -0.457 e. The lowest BCUT2D eigenvalue weighted by molar-refractivity contribution is 0.538. The third kappa shape index (κ3) is 1.14. The second-order valence-electron chi connectivity index (χ2n) is 1.35. The summed E-state index contributed by atoms with van der Waals surface area (Å²) in [6.07, 6.45) is 1.65. The molecule has 1 rings (SSSR count). The third-order valence-electron chi connectivity index (χ3n) is 0.837. The van der Waals surface area contributed by atoms with E-state index in [1.54, 1.807) is 6.26 Å². The van der Waals surface area contributed by atoms with Crippen LogP contribution in [-0.2, 0) is 5.33 Å². The molecule has 1 aromatic heterocycles. The second kappa shape index (κ2) is 2.69. The van der Waals surface area contributed by atoms with Crippen LogP contribution in [0.2, 0.25) is 0 Å². The predicted molar refractivity (Wildman–Crippen MR) is 39.0 cm³/mol. The molecule has 44 valence electrons. The van der Waals surface area contributed by atoms with Crippen molar-refractivity contribution in [2.75, 3.05) is 0 Å². The molecule has 0 atom stereocenters. The zero-order valence-electron chi connectivity index (χ0n) is 4.03. The summed E-state index contributed by atoms with van der Waals surface area (Å²) in [5.74, 6) is 0. The quantitative estimate of drug-likeness (QED) is 0.687. The van der Waals surface area contributed by atoms with Crippen LogP contribution in [0, 0.1) is 0 Å². The summed E-state index contributed by atoms with van der Waals surface area (Å²) in [7, 11) is 0. The lowest BCUT2D eigenvalue weighted by Crippen LogP contribution is -1.67. The van der Waals surface area contributed by atoms with Crippen LogP contribution >= 0.6 is 31.9 Å². The van der Waals surface area contributed by atoms with Crippen molar-refractivity contribution in [3.05, 3.63) is 22.6 Å². The lowest BCUT2D eigenvalue weighted by atomic mass is 10.4. The van der Waals surface area contributed by atoms with Crippen molar-refractivity contribution < 1.29 is 4.42 Å². The summed E-state index contributed by atoms with van der Waals surface area (Å²) in [4.78, 5) is 0. The third-order valence-corrected chi connectivity index (χ3v) is 2.14. The molecule has 0 radical (unpaired) electrons. The van der Waals surface area contributed by atoms with Crippen LogP contribution < -0.4 is 0 Å². The van der Waals surface area contributed by atoms with E-state index in [9.17, 15) is 0 Å². The number of rotatable bonds is 1. The first-order valence-corrected chi connectivity index (χ1v) is 4.04. The Morgan fingerprint density at radius 2 is 2.38 bits per heavy atom. The van der Waals surface area contributed by atoms with E-state index in [-0.39, 0.29) is 0 Å². The normalized spacial score (nSPS) is 9.75. The highest BCUT2D eigenvalue weighted by Gasteiger charge is 1.97. The first kappa shape index (κ1) is 6.36. The largest absolute Gasteiger partial charge is 0.457 e. The van der Waals surface area contributed by atoms with Crippen molar-refractivity contribution in [3.8, 4) is 0 Å². The molecule has 0 N–H and O–H groups in total. The van der Waals surface area contributed by atoms with Gasteiger partial charge in [0.1, 0.15) is 0 Å². The van der Waals surface area contributed by atoms with Gasteiger partial charge in [0.05, 0.1) is 6.26 Å². The highest BCUT2D eigenvalue weighted by molar-refractivity contribution is 9.10. The fourth-order valence-electron chi connectivity index (χ4n) is 0.414. The zero-order valence-corrected chi connectivity index (χ0v) is 7.20. The van der Waals surface area contributed by atoms with Crippen molar-refractivity contribution >= 4 is 31.9 Å². The Balaban J connectivity index is 2.92. The van der Waals surface area contributed by atoms with Gasteiger partial charge in [-0.15, -0.1) is 0 Å². The Kier molecular flexibility index (Phi) is 2.14. The first-order chi connectivity index (χ1) is 3.84. The van der Waals surface area contributed by atoms with Gasteiger partial charge in [-0.2, -0.15) is 0 Å². The second-order valence-corrected chi connectivity index (χ2v) is 2.63. The molecule has 0 unspecified atom stereocenters. The van der Waals surface area contributed by atoms with Crippen LogP contribution in [0.5, 0.6) is 0 Å². The molecular formula is C5H4Br2O. The van der Waals surface area contributed by atoms with E-state index in [2.05, 4.69) is 31.9 Å². The van der Waals surface area contributed by atoms with Crippen molar-refractivity contribution in [3.63, 3.8) is 0 Å². The summed E-state index contributed by atoms with van der Waals surface area (Å²) in [5, 5.41) is 0.837. The highest BCUT2D eigenvalue weighted by atomic mass is 79.9. The Bertz CT molecular complexity index is 171. The highest BCUT2D eigenvalue weighted by Crippen LogP contribution is 2.19. The van der Waals surface area contributed by atoms with E-state index in [1.807, 2.05) is 6.07 Å². The molecule has 0 aliphatic carbocycles. The molecule has 1 aromatic rings. The molecule has 0 bridgehead atoms. The molecule has 0 aliphatic heterocycles. The van der Waals surface area contributed by atoms with E-state index in [0.29, 0.717) is 0 Å². The molecule has 3 heteroatoms. The van der Waals surface area contributed by atoms with Crippen LogP contribution in [0.15, 0.2) is 21.4 Å². The number of alkyl halides is 1. The standard InChI is InChI=1S/C5H4Br2O/c6-3-4-1-2-8-5(4)7/h1-2H,3H2. The maximum atomic E-state index is 4.94.